The van der Waals surface area contributed by atoms with Crippen molar-refractivity contribution in [3.8, 4) is 0 Å². The smallest absolute Gasteiger partial charge is 0.169 e. The molecule has 19 heavy (non-hydrogen) atoms. The van der Waals surface area contributed by atoms with E-state index in [4.69, 9.17) is 4.42 Å². The van der Waals surface area contributed by atoms with Crippen LogP contribution in [0.4, 0.5) is 5.69 Å². The second kappa shape index (κ2) is 5.24. The molecule has 3 rings (SSSR count). The van der Waals surface area contributed by atoms with Crippen LogP contribution in [0.15, 0.2) is 62.8 Å². The number of anilines is 1. The summed E-state index contributed by atoms with van der Waals surface area (Å²) in [6.07, 6.45) is 3.38. The summed E-state index contributed by atoms with van der Waals surface area (Å²) < 4.78 is 6.00. The number of para-hydroxylation sites is 1. The molecule has 2 aromatic heterocycles. The van der Waals surface area contributed by atoms with E-state index in [9.17, 15) is 0 Å². The zero-order chi connectivity index (χ0) is 13.1. The molecule has 4 nitrogen and oxygen atoms in total. The van der Waals surface area contributed by atoms with Crippen LogP contribution in [0.25, 0.3) is 10.9 Å². The molecular weight excluding hydrogens is 306 g/mol. The molecule has 0 saturated carbocycles. The fourth-order valence-corrected chi connectivity index (χ4v) is 2.08. The van der Waals surface area contributed by atoms with Crippen LogP contribution in [-0.2, 0) is 0 Å². The average molecular weight is 316 g/mol. The summed E-state index contributed by atoms with van der Waals surface area (Å²) in [5.74, 6) is 0.674. The molecule has 0 aliphatic carbocycles. The molecule has 1 N–H and O–H groups in total. The summed E-state index contributed by atoms with van der Waals surface area (Å²) in [7, 11) is 0. The Balaban J connectivity index is 1.84. The van der Waals surface area contributed by atoms with Gasteiger partial charge in [-0.15, -0.1) is 0 Å². The number of benzene rings is 1. The molecule has 1 aromatic carbocycles. The highest BCUT2D eigenvalue weighted by Gasteiger charge is 2.00. The summed E-state index contributed by atoms with van der Waals surface area (Å²) in [6, 6.07) is 13.5. The van der Waals surface area contributed by atoms with Crippen molar-refractivity contribution in [1.29, 1.82) is 0 Å². The molecule has 0 amide bonds. The summed E-state index contributed by atoms with van der Waals surface area (Å²) in [5, 5.41) is 5.22. The first-order valence-electron chi connectivity index (χ1n) is 5.71. The van der Waals surface area contributed by atoms with Gasteiger partial charge in [0.1, 0.15) is 5.76 Å². The van der Waals surface area contributed by atoms with Gasteiger partial charge in [0.25, 0.3) is 0 Å². The van der Waals surface area contributed by atoms with Crippen LogP contribution >= 0.6 is 15.9 Å². The molecule has 0 aliphatic rings. The third kappa shape index (κ3) is 2.66. The highest BCUT2D eigenvalue weighted by Crippen LogP contribution is 2.20. The molecule has 3 aromatic rings. The average Bonchev–Trinajstić information content (AvgIpc) is 2.85. The van der Waals surface area contributed by atoms with Gasteiger partial charge in [0.15, 0.2) is 4.67 Å². The topological polar surface area (TPSA) is 50.4 Å². The molecule has 0 unspecified atom stereocenters. The maximum absolute atomic E-state index is 5.32. The Kier molecular flexibility index (Phi) is 3.29. The van der Waals surface area contributed by atoms with Crippen LogP contribution in [0, 0.1) is 0 Å². The number of rotatable bonds is 3. The van der Waals surface area contributed by atoms with Crippen molar-refractivity contribution in [2.75, 3.05) is 5.43 Å². The van der Waals surface area contributed by atoms with E-state index in [0.717, 1.165) is 16.6 Å². The Morgan fingerprint density at radius 1 is 1.16 bits per heavy atom. The van der Waals surface area contributed by atoms with Crippen molar-refractivity contribution < 1.29 is 4.42 Å². The SMILES string of the molecule is Brc1ccc(/C=N\Nc2cccc3cccnc23)o1. The van der Waals surface area contributed by atoms with Gasteiger partial charge in [-0.05, 0) is 40.2 Å². The lowest BCUT2D eigenvalue weighted by molar-refractivity contribution is 0.534. The Bertz CT molecular complexity index is 731. The minimum absolute atomic E-state index is 0.674. The Labute approximate surface area is 118 Å². The fourth-order valence-electron chi connectivity index (χ4n) is 1.76. The minimum Gasteiger partial charge on any atom is -0.448 e. The minimum atomic E-state index is 0.674. The van der Waals surface area contributed by atoms with Crippen LogP contribution in [0.1, 0.15) is 5.76 Å². The summed E-state index contributed by atoms with van der Waals surface area (Å²) >= 11 is 3.24. The quantitative estimate of drug-likeness (QED) is 0.586. The number of halogens is 1. The van der Waals surface area contributed by atoms with Gasteiger partial charge in [-0.2, -0.15) is 5.10 Å². The predicted octanol–water partition coefficient (Wildman–Crippen LogP) is 4.04. The number of fused-ring (bicyclic) bond motifs is 1. The van der Waals surface area contributed by atoms with Crippen LogP contribution in [-0.4, -0.2) is 11.2 Å². The molecule has 0 fully saturated rings. The van der Waals surface area contributed by atoms with E-state index in [1.54, 1.807) is 12.4 Å². The first-order valence-corrected chi connectivity index (χ1v) is 6.50. The number of hydrazone groups is 1. The number of hydrogen-bond acceptors (Lipinski definition) is 4. The molecule has 2 heterocycles. The summed E-state index contributed by atoms with van der Waals surface area (Å²) in [4.78, 5) is 4.34. The third-order valence-electron chi connectivity index (χ3n) is 2.60. The number of pyridine rings is 1. The molecule has 0 aliphatic heterocycles. The monoisotopic (exact) mass is 315 g/mol. The van der Waals surface area contributed by atoms with Crippen LogP contribution in [0.2, 0.25) is 0 Å². The van der Waals surface area contributed by atoms with E-state index in [0.29, 0.717) is 10.4 Å². The fraction of sp³-hybridized carbons (Fsp3) is 0. The zero-order valence-electron chi connectivity index (χ0n) is 9.88. The van der Waals surface area contributed by atoms with Crippen molar-refractivity contribution in [1.82, 2.24) is 4.98 Å². The number of nitrogens with zero attached hydrogens (tertiary/aromatic N) is 2. The number of aromatic nitrogens is 1. The summed E-state index contributed by atoms with van der Waals surface area (Å²) in [5.41, 5.74) is 4.73. The van der Waals surface area contributed by atoms with Gasteiger partial charge in [0.2, 0.25) is 0 Å². The maximum atomic E-state index is 5.32. The third-order valence-corrected chi connectivity index (χ3v) is 3.03. The standard InChI is InChI=1S/C14H10BrN3O/c15-13-7-6-11(19-13)9-17-18-12-5-1-3-10-4-2-8-16-14(10)12/h1-9,18H/b17-9-. The Morgan fingerprint density at radius 3 is 2.89 bits per heavy atom. The van der Waals surface area contributed by atoms with Crippen molar-refractivity contribution in [2.24, 2.45) is 5.10 Å². The molecule has 5 heteroatoms. The van der Waals surface area contributed by atoms with Crippen LogP contribution in [0.5, 0.6) is 0 Å². The van der Waals surface area contributed by atoms with Crippen molar-refractivity contribution in [3.05, 3.63) is 59.1 Å². The van der Waals surface area contributed by atoms with Gasteiger partial charge >= 0.3 is 0 Å². The highest BCUT2D eigenvalue weighted by atomic mass is 79.9. The van der Waals surface area contributed by atoms with E-state index in [-0.39, 0.29) is 0 Å². The van der Waals surface area contributed by atoms with E-state index in [1.165, 1.54) is 0 Å². The first-order chi connectivity index (χ1) is 9.33. The number of nitrogens with one attached hydrogen (secondary N) is 1. The van der Waals surface area contributed by atoms with Gasteiger partial charge in [0, 0.05) is 11.6 Å². The lowest BCUT2D eigenvalue weighted by atomic mass is 10.2. The Hall–Kier alpha value is -2.14. The first kappa shape index (κ1) is 11.9. The lowest BCUT2D eigenvalue weighted by Gasteiger charge is -2.03. The molecule has 94 valence electrons. The second-order valence-electron chi connectivity index (χ2n) is 3.89. The Morgan fingerprint density at radius 2 is 2.05 bits per heavy atom. The van der Waals surface area contributed by atoms with E-state index in [1.807, 2.05) is 42.5 Å². The van der Waals surface area contributed by atoms with Crippen LogP contribution in [0.3, 0.4) is 0 Å². The van der Waals surface area contributed by atoms with Gasteiger partial charge < -0.3 is 4.42 Å². The van der Waals surface area contributed by atoms with Crippen molar-refractivity contribution in [3.63, 3.8) is 0 Å². The predicted molar refractivity (Wildman–Crippen MR) is 79.4 cm³/mol. The van der Waals surface area contributed by atoms with Gasteiger partial charge in [-0.3, -0.25) is 10.4 Å². The molecule has 0 saturated heterocycles. The van der Waals surface area contributed by atoms with Crippen molar-refractivity contribution >= 4 is 38.7 Å². The largest absolute Gasteiger partial charge is 0.448 e. The molecular formula is C14H10BrN3O. The molecule has 0 spiro atoms. The van der Waals surface area contributed by atoms with Crippen molar-refractivity contribution in [2.45, 2.75) is 0 Å². The van der Waals surface area contributed by atoms with E-state index < -0.39 is 0 Å². The van der Waals surface area contributed by atoms with Gasteiger partial charge in [-0.25, -0.2) is 0 Å². The van der Waals surface area contributed by atoms with Gasteiger partial charge in [-0.1, -0.05) is 18.2 Å². The van der Waals surface area contributed by atoms with E-state index >= 15 is 0 Å². The van der Waals surface area contributed by atoms with Crippen LogP contribution < -0.4 is 5.43 Å². The normalized spacial score (nSPS) is 11.2. The number of furan rings is 1. The molecule has 0 atom stereocenters. The van der Waals surface area contributed by atoms with Gasteiger partial charge in [0.05, 0.1) is 17.4 Å². The molecule has 0 bridgehead atoms. The molecule has 0 radical (unpaired) electrons. The zero-order valence-corrected chi connectivity index (χ0v) is 11.5. The van der Waals surface area contributed by atoms with E-state index in [2.05, 4.69) is 31.4 Å². The summed E-state index contributed by atoms with van der Waals surface area (Å²) in [6.45, 7) is 0. The second-order valence-corrected chi connectivity index (χ2v) is 4.67. The highest BCUT2D eigenvalue weighted by molar-refractivity contribution is 9.10. The lowest BCUT2D eigenvalue weighted by Crippen LogP contribution is -1.92. The maximum Gasteiger partial charge on any atom is 0.169 e. The number of hydrogen-bond donors (Lipinski definition) is 1.